The van der Waals surface area contributed by atoms with Gasteiger partial charge in [-0.25, -0.2) is 8.42 Å². The Kier molecular flexibility index (Phi) is 11.1. The van der Waals surface area contributed by atoms with Crippen molar-refractivity contribution in [3.8, 4) is 0 Å². The van der Waals surface area contributed by atoms with Crippen LogP contribution in [-0.2, 0) is 23.0 Å². The predicted octanol–water partition coefficient (Wildman–Crippen LogP) is 2.29. The lowest BCUT2D eigenvalue weighted by Gasteiger charge is -2.29. The van der Waals surface area contributed by atoms with E-state index in [4.69, 9.17) is 0 Å². The number of carbonyl (C=O) groups is 2. The van der Waals surface area contributed by atoms with Crippen molar-refractivity contribution in [1.29, 1.82) is 0 Å². The van der Waals surface area contributed by atoms with E-state index in [1.807, 2.05) is 37.3 Å². The Morgan fingerprint density at radius 3 is 2.51 bits per heavy atom. The molecule has 0 spiro atoms. The number of pyridine rings is 1. The summed E-state index contributed by atoms with van der Waals surface area (Å²) < 4.78 is 27.0. The third-order valence-electron chi connectivity index (χ3n) is 7.24. The molecule has 4 rings (SSSR count). The van der Waals surface area contributed by atoms with Crippen LogP contribution >= 0.6 is 0 Å². The third kappa shape index (κ3) is 8.76. The van der Waals surface area contributed by atoms with Gasteiger partial charge < -0.3 is 26.4 Å². The largest absolute Gasteiger partial charge is 0.390 e. The number of aromatic nitrogens is 1. The van der Waals surface area contributed by atoms with Crippen molar-refractivity contribution in [2.24, 2.45) is 0 Å². The van der Waals surface area contributed by atoms with E-state index in [0.717, 1.165) is 17.5 Å². The van der Waals surface area contributed by atoms with Gasteiger partial charge >= 0.3 is 0 Å². The van der Waals surface area contributed by atoms with Crippen molar-refractivity contribution in [3.05, 3.63) is 89.2 Å². The smallest absolute Gasteiger partial charge is 0.252 e. The zero-order chi connectivity index (χ0) is 30.8. The quantitative estimate of drug-likeness (QED) is 0.198. The van der Waals surface area contributed by atoms with Crippen LogP contribution in [0.25, 0.3) is 0 Å². The molecule has 1 aliphatic heterocycles. The molecule has 0 unspecified atom stereocenters. The van der Waals surface area contributed by atoms with E-state index in [1.54, 1.807) is 37.5 Å². The zero-order valence-electron chi connectivity index (χ0n) is 24.5. The summed E-state index contributed by atoms with van der Waals surface area (Å²) in [6.45, 7) is 3.41. The van der Waals surface area contributed by atoms with E-state index in [9.17, 15) is 23.1 Å². The molecule has 2 amide bonds. The lowest BCUT2D eigenvalue weighted by molar-refractivity contribution is 0.0830. The lowest BCUT2D eigenvalue weighted by Crippen LogP contribution is -2.48. The standard InChI is InChI=1S/C31H40N6O5S/c1-3-35-26-15-24(16-27(17-26)37-11-7-8-12-43(37,41)42)31(40)36-28(14-22-9-5-4-6-10-22)29(38)21-34-19-23-13-25(20-33-18-23)30(39)32-2/h4-6,9-10,13,15-18,20,28-29,34-35,38H,3,7-8,11-12,14,19,21H2,1-2H3,(H,32,39)(H,36,40)/t28-,29+/m0/s1. The summed E-state index contributed by atoms with van der Waals surface area (Å²) >= 11 is 0. The maximum absolute atomic E-state index is 13.6. The number of nitrogens with one attached hydrogen (secondary N) is 4. The maximum atomic E-state index is 13.6. The second-order valence-corrected chi connectivity index (χ2v) is 12.5. The fourth-order valence-electron chi connectivity index (χ4n) is 5.03. The number of hydrogen-bond donors (Lipinski definition) is 5. The highest BCUT2D eigenvalue weighted by atomic mass is 32.2. The molecular weight excluding hydrogens is 568 g/mol. The molecule has 1 fully saturated rings. The second kappa shape index (κ2) is 14.9. The number of aliphatic hydroxyl groups excluding tert-OH is 1. The topological polar surface area (TPSA) is 153 Å². The number of hydrogen-bond acceptors (Lipinski definition) is 8. The summed E-state index contributed by atoms with van der Waals surface area (Å²) in [5.74, 6) is -0.582. The molecule has 1 aromatic heterocycles. The first-order chi connectivity index (χ1) is 20.7. The zero-order valence-corrected chi connectivity index (χ0v) is 25.4. The Morgan fingerprint density at radius 2 is 1.79 bits per heavy atom. The summed E-state index contributed by atoms with van der Waals surface area (Å²) in [5.41, 5.74) is 3.53. The lowest BCUT2D eigenvalue weighted by atomic mass is 10.00. The molecule has 0 bridgehead atoms. The van der Waals surface area contributed by atoms with E-state index in [2.05, 4.69) is 26.3 Å². The van der Waals surface area contributed by atoms with Crippen LogP contribution in [0.3, 0.4) is 0 Å². The van der Waals surface area contributed by atoms with Crippen molar-refractivity contribution in [1.82, 2.24) is 20.9 Å². The normalized spacial score (nSPS) is 15.7. The second-order valence-electron chi connectivity index (χ2n) is 10.5. The van der Waals surface area contributed by atoms with Gasteiger partial charge in [0, 0.05) is 56.9 Å². The number of anilines is 2. The van der Waals surface area contributed by atoms with Crippen LogP contribution in [0.4, 0.5) is 11.4 Å². The van der Waals surface area contributed by atoms with Crippen LogP contribution < -0.4 is 25.6 Å². The van der Waals surface area contributed by atoms with Crippen LogP contribution in [0.15, 0.2) is 67.0 Å². The highest BCUT2D eigenvalue weighted by Crippen LogP contribution is 2.28. The first-order valence-electron chi connectivity index (χ1n) is 14.5. The molecule has 0 saturated carbocycles. The van der Waals surface area contributed by atoms with Gasteiger partial charge in [0.2, 0.25) is 10.0 Å². The number of carbonyl (C=O) groups excluding carboxylic acids is 2. The Hall–Kier alpha value is -4.00. The third-order valence-corrected chi connectivity index (χ3v) is 9.11. The van der Waals surface area contributed by atoms with Crippen LogP contribution in [-0.4, -0.2) is 74.9 Å². The summed E-state index contributed by atoms with van der Waals surface area (Å²) in [6.07, 6.45) is 3.91. The van der Waals surface area contributed by atoms with Gasteiger partial charge in [0.1, 0.15) is 0 Å². The van der Waals surface area contributed by atoms with E-state index >= 15 is 0 Å². The predicted molar refractivity (Wildman–Crippen MR) is 168 cm³/mol. The van der Waals surface area contributed by atoms with Gasteiger partial charge in [-0.2, -0.15) is 0 Å². The molecule has 2 heterocycles. The molecule has 3 aromatic rings. The van der Waals surface area contributed by atoms with Crippen LogP contribution in [0.5, 0.6) is 0 Å². The Labute approximate surface area is 253 Å². The number of benzene rings is 2. The highest BCUT2D eigenvalue weighted by molar-refractivity contribution is 7.92. The van der Waals surface area contributed by atoms with Crippen LogP contribution in [0.2, 0.25) is 0 Å². The van der Waals surface area contributed by atoms with Crippen molar-refractivity contribution < 1.29 is 23.1 Å². The number of amides is 2. The average Bonchev–Trinajstić information content (AvgIpc) is 3.00. The SMILES string of the molecule is CCNc1cc(C(=O)N[C@@H](Cc2ccccc2)[C@H](O)CNCc2cncc(C(=O)NC)c2)cc(N2CCCCS2(=O)=O)c1. The fraction of sp³-hybridized carbons (Fsp3) is 0.387. The molecule has 43 heavy (non-hydrogen) atoms. The van der Waals surface area contributed by atoms with Crippen molar-refractivity contribution in [3.63, 3.8) is 0 Å². The molecule has 12 heteroatoms. The van der Waals surface area contributed by atoms with Crippen molar-refractivity contribution in [2.75, 3.05) is 42.1 Å². The van der Waals surface area contributed by atoms with Gasteiger partial charge in [-0.15, -0.1) is 0 Å². The molecule has 1 aliphatic rings. The van der Waals surface area contributed by atoms with Crippen LogP contribution in [0.1, 0.15) is 51.6 Å². The summed E-state index contributed by atoms with van der Waals surface area (Å²) in [4.78, 5) is 29.7. The highest BCUT2D eigenvalue weighted by Gasteiger charge is 2.28. The van der Waals surface area contributed by atoms with Gasteiger partial charge in [0.15, 0.2) is 0 Å². The molecule has 2 aromatic carbocycles. The summed E-state index contributed by atoms with van der Waals surface area (Å²) in [6, 6.07) is 15.7. The van der Waals surface area contributed by atoms with Gasteiger partial charge in [-0.05, 0) is 61.6 Å². The summed E-state index contributed by atoms with van der Waals surface area (Å²) in [7, 11) is -1.92. The molecule has 11 nitrogen and oxygen atoms in total. The van der Waals surface area contributed by atoms with E-state index < -0.39 is 28.1 Å². The monoisotopic (exact) mass is 608 g/mol. The van der Waals surface area contributed by atoms with Gasteiger partial charge in [-0.1, -0.05) is 30.3 Å². The molecule has 5 N–H and O–H groups in total. The summed E-state index contributed by atoms with van der Waals surface area (Å²) in [5, 5.41) is 23.2. The molecule has 0 aliphatic carbocycles. The molecular formula is C31H40N6O5S. The van der Waals surface area contributed by atoms with Gasteiger partial charge in [0.05, 0.1) is 29.1 Å². The minimum Gasteiger partial charge on any atom is -0.390 e. The Bertz CT molecular complexity index is 1500. The first-order valence-corrected chi connectivity index (χ1v) is 16.1. The van der Waals surface area contributed by atoms with E-state index in [1.165, 1.54) is 10.5 Å². The minimum absolute atomic E-state index is 0.0739. The fourth-order valence-corrected chi connectivity index (χ4v) is 6.66. The molecule has 0 radical (unpaired) electrons. The Balaban J connectivity index is 1.52. The first kappa shape index (κ1) is 31.9. The number of nitrogens with zero attached hydrogens (tertiary/aromatic N) is 2. The number of sulfonamides is 1. The minimum atomic E-state index is -3.47. The van der Waals surface area contributed by atoms with Crippen molar-refractivity contribution in [2.45, 2.75) is 44.9 Å². The number of aliphatic hydroxyl groups is 1. The Morgan fingerprint density at radius 1 is 1.00 bits per heavy atom. The maximum Gasteiger partial charge on any atom is 0.252 e. The number of rotatable bonds is 13. The molecule has 230 valence electrons. The average molecular weight is 609 g/mol. The van der Waals surface area contributed by atoms with Gasteiger partial charge in [0.25, 0.3) is 11.8 Å². The molecule has 2 atom stereocenters. The van der Waals surface area contributed by atoms with Crippen LogP contribution in [0, 0.1) is 0 Å². The van der Waals surface area contributed by atoms with Gasteiger partial charge in [-0.3, -0.25) is 18.9 Å². The van der Waals surface area contributed by atoms with E-state index in [-0.39, 0.29) is 18.2 Å². The van der Waals surface area contributed by atoms with Crippen molar-refractivity contribution >= 4 is 33.2 Å². The molecule has 1 saturated heterocycles. The van der Waals surface area contributed by atoms with E-state index in [0.29, 0.717) is 55.0 Å².